The van der Waals surface area contributed by atoms with Crippen LogP contribution >= 0.6 is 0 Å². The summed E-state index contributed by atoms with van der Waals surface area (Å²) in [5, 5.41) is 0. The molecule has 110 valence electrons. The van der Waals surface area contributed by atoms with Gasteiger partial charge in [-0.25, -0.2) is 4.98 Å². The van der Waals surface area contributed by atoms with Crippen molar-refractivity contribution in [1.29, 1.82) is 0 Å². The van der Waals surface area contributed by atoms with Crippen LogP contribution in [0.15, 0.2) is 30.6 Å². The number of hydrogen-bond acceptors (Lipinski definition) is 3. The molecule has 5 nitrogen and oxygen atoms in total. The molecule has 2 fully saturated rings. The van der Waals surface area contributed by atoms with Crippen LogP contribution in [0.25, 0.3) is 5.65 Å². The molecular weight excluding hydrogens is 266 g/mol. The number of rotatable bonds is 4. The van der Waals surface area contributed by atoms with Crippen molar-refractivity contribution in [2.45, 2.75) is 25.3 Å². The number of carbonyl (C=O) groups excluding carboxylic acids is 1. The molecule has 2 aromatic heterocycles. The van der Waals surface area contributed by atoms with E-state index in [1.165, 1.54) is 0 Å². The summed E-state index contributed by atoms with van der Waals surface area (Å²) in [5.41, 5.74) is 1.37. The van der Waals surface area contributed by atoms with Gasteiger partial charge in [0.15, 0.2) is 0 Å². The lowest BCUT2D eigenvalue weighted by Crippen LogP contribution is -2.37. The third-order valence-corrected chi connectivity index (χ3v) is 4.31. The minimum atomic E-state index is 0.0631. The van der Waals surface area contributed by atoms with E-state index in [0.29, 0.717) is 17.7 Å². The third-order valence-electron chi connectivity index (χ3n) is 4.31. The van der Waals surface area contributed by atoms with Gasteiger partial charge >= 0.3 is 0 Å². The first-order chi connectivity index (χ1) is 10.3. The van der Waals surface area contributed by atoms with Crippen molar-refractivity contribution in [3.63, 3.8) is 0 Å². The van der Waals surface area contributed by atoms with E-state index in [4.69, 9.17) is 4.74 Å². The molecule has 5 heteroatoms. The Bertz CT molecular complexity index is 623. The average Bonchev–Trinajstić information content (AvgIpc) is 3.04. The Morgan fingerprint density at radius 2 is 2.29 bits per heavy atom. The van der Waals surface area contributed by atoms with Gasteiger partial charge in [0.05, 0.1) is 6.61 Å². The molecule has 0 radical (unpaired) electrons. The van der Waals surface area contributed by atoms with Gasteiger partial charge < -0.3 is 14.0 Å². The molecule has 0 bridgehead atoms. The molecule has 0 aromatic carbocycles. The summed E-state index contributed by atoms with van der Waals surface area (Å²) in [7, 11) is 0. The molecule has 2 aromatic rings. The highest BCUT2D eigenvalue weighted by atomic mass is 16.5. The fourth-order valence-corrected chi connectivity index (χ4v) is 2.97. The molecule has 1 aliphatic heterocycles. The average molecular weight is 285 g/mol. The quantitative estimate of drug-likeness (QED) is 0.863. The van der Waals surface area contributed by atoms with Gasteiger partial charge in [-0.3, -0.25) is 4.79 Å². The minimum Gasteiger partial charge on any atom is -0.381 e. The number of fused-ring (bicyclic) bond motifs is 1. The number of aromatic nitrogens is 2. The molecule has 0 spiro atoms. The second kappa shape index (κ2) is 5.15. The van der Waals surface area contributed by atoms with Crippen LogP contribution in [0, 0.1) is 5.92 Å². The number of hydrogen-bond donors (Lipinski definition) is 0. The summed E-state index contributed by atoms with van der Waals surface area (Å²) in [6.45, 7) is 2.41. The first-order valence-electron chi connectivity index (χ1n) is 7.64. The van der Waals surface area contributed by atoms with Gasteiger partial charge in [0, 0.05) is 37.5 Å². The fourth-order valence-electron chi connectivity index (χ4n) is 2.97. The maximum absolute atomic E-state index is 12.8. The van der Waals surface area contributed by atoms with E-state index in [1.807, 2.05) is 39.9 Å². The standard InChI is InChI=1S/C16H19N3O2/c20-16(14-10-18-7-2-1-3-15(18)17-14)19(13-4-5-13)9-12-6-8-21-11-12/h1-3,7,10,12-13H,4-6,8-9,11H2/t12-/m1/s1. The van der Waals surface area contributed by atoms with Crippen molar-refractivity contribution < 1.29 is 9.53 Å². The Morgan fingerprint density at radius 3 is 3.00 bits per heavy atom. The zero-order valence-electron chi connectivity index (χ0n) is 11.9. The zero-order chi connectivity index (χ0) is 14.2. The SMILES string of the molecule is O=C(c1cn2ccccc2n1)N(C[C@H]1CCOC1)C1CC1. The molecule has 1 amide bonds. The second-order valence-electron chi connectivity index (χ2n) is 6.01. The number of carbonyl (C=O) groups is 1. The van der Waals surface area contributed by atoms with Crippen molar-refractivity contribution in [2.75, 3.05) is 19.8 Å². The highest BCUT2D eigenvalue weighted by Gasteiger charge is 2.36. The van der Waals surface area contributed by atoms with E-state index in [0.717, 1.165) is 44.7 Å². The topological polar surface area (TPSA) is 46.8 Å². The predicted octanol–water partition coefficient (Wildman–Crippen LogP) is 1.98. The molecule has 1 saturated heterocycles. The first-order valence-corrected chi connectivity index (χ1v) is 7.64. The lowest BCUT2D eigenvalue weighted by molar-refractivity contribution is 0.0701. The molecule has 1 atom stereocenters. The predicted molar refractivity (Wildman–Crippen MR) is 78.2 cm³/mol. The Balaban J connectivity index is 1.57. The molecule has 2 aliphatic rings. The second-order valence-corrected chi connectivity index (χ2v) is 6.01. The largest absolute Gasteiger partial charge is 0.381 e. The van der Waals surface area contributed by atoms with E-state index in [1.54, 1.807) is 0 Å². The highest BCUT2D eigenvalue weighted by Crippen LogP contribution is 2.30. The van der Waals surface area contributed by atoms with Crippen LogP contribution < -0.4 is 0 Å². The van der Waals surface area contributed by atoms with E-state index >= 15 is 0 Å². The Morgan fingerprint density at radius 1 is 1.38 bits per heavy atom. The summed E-state index contributed by atoms with van der Waals surface area (Å²) in [4.78, 5) is 19.3. The summed E-state index contributed by atoms with van der Waals surface area (Å²) in [5.74, 6) is 0.541. The van der Waals surface area contributed by atoms with Gasteiger partial charge in [-0.05, 0) is 31.4 Å². The minimum absolute atomic E-state index is 0.0631. The maximum atomic E-state index is 12.8. The van der Waals surface area contributed by atoms with E-state index in [-0.39, 0.29) is 5.91 Å². The number of pyridine rings is 1. The summed E-state index contributed by atoms with van der Waals surface area (Å²) in [6, 6.07) is 6.20. The van der Waals surface area contributed by atoms with Gasteiger partial charge in [-0.2, -0.15) is 0 Å². The monoisotopic (exact) mass is 285 g/mol. The van der Waals surface area contributed by atoms with Crippen molar-refractivity contribution >= 4 is 11.6 Å². The van der Waals surface area contributed by atoms with Crippen molar-refractivity contribution in [1.82, 2.24) is 14.3 Å². The van der Waals surface area contributed by atoms with Crippen LogP contribution in [0.2, 0.25) is 0 Å². The number of amides is 1. The number of nitrogens with zero attached hydrogens (tertiary/aromatic N) is 3. The molecule has 0 unspecified atom stereocenters. The van der Waals surface area contributed by atoms with Crippen molar-refractivity contribution in [2.24, 2.45) is 5.92 Å². The van der Waals surface area contributed by atoms with Crippen LogP contribution in [-0.4, -0.2) is 46.0 Å². The van der Waals surface area contributed by atoms with E-state index in [2.05, 4.69) is 4.98 Å². The molecule has 4 rings (SSSR count). The molecular formula is C16H19N3O2. The number of imidazole rings is 1. The van der Waals surface area contributed by atoms with Crippen molar-refractivity contribution in [3.05, 3.63) is 36.3 Å². The lowest BCUT2D eigenvalue weighted by atomic mass is 10.1. The van der Waals surface area contributed by atoms with Crippen LogP contribution in [0.5, 0.6) is 0 Å². The smallest absolute Gasteiger partial charge is 0.274 e. The van der Waals surface area contributed by atoms with E-state index in [9.17, 15) is 4.79 Å². The molecule has 0 N–H and O–H groups in total. The Hall–Kier alpha value is -1.88. The van der Waals surface area contributed by atoms with Crippen LogP contribution in [0.1, 0.15) is 29.8 Å². The normalized spacial score (nSPS) is 21.8. The van der Waals surface area contributed by atoms with Gasteiger partial charge in [0.1, 0.15) is 11.3 Å². The van der Waals surface area contributed by atoms with Crippen molar-refractivity contribution in [3.8, 4) is 0 Å². The lowest BCUT2D eigenvalue weighted by Gasteiger charge is -2.24. The summed E-state index contributed by atoms with van der Waals surface area (Å²) in [6.07, 6.45) is 7.05. The molecule has 1 saturated carbocycles. The third kappa shape index (κ3) is 2.53. The van der Waals surface area contributed by atoms with Gasteiger partial charge in [-0.1, -0.05) is 6.07 Å². The van der Waals surface area contributed by atoms with E-state index < -0.39 is 0 Å². The fraction of sp³-hybridized carbons (Fsp3) is 0.500. The summed E-state index contributed by atoms with van der Waals surface area (Å²) < 4.78 is 7.33. The zero-order valence-corrected chi connectivity index (χ0v) is 11.9. The van der Waals surface area contributed by atoms with Gasteiger partial charge in [-0.15, -0.1) is 0 Å². The molecule has 21 heavy (non-hydrogen) atoms. The van der Waals surface area contributed by atoms with Gasteiger partial charge in [0.25, 0.3) is 5.91 Å². The Labute approximate surface area is 123 Å². The van der Waals surface area contributed by atoms with Gasteiger partial charge in [0.2, 0.25) is 0 Å². The molecule has 1 aliphatic carbocycles. The van der Waals surface area contributed by atoms with Crippen LogP contribution in [0.4, 0.5) is 0 Å². The first kappa shape index (κ1) is 12.8. The Kier molecular flexibility index (Phi) is 3.15. The van der Waals surface area contributed by atoms with Crippen LogP contribution in [-0.2, 0) is 4.74 Å². The van der Waals surface area contributed by atoms with Crippen LogP contribution in [0.3, 0.4) is 0 Å². The maximum Gasteiger partial charge on any atom is 0.274 e. The summed E-state index contributed by atoms with van der Waals surface area (Å²) >= 11 is 0. The molecule has 3 heterocycles. The number of ether oxygens (including phenoxy) is 1. The highest BCUT2D eigenvalue weighted by molar-refractivity contribution is 5.93.